The first-order valence-corrected chi connectivity index (χ1v) is 14.5. The zero-order valence-corrected chi connectivity index (χ0v) is 25.6. The van der Waals surface area contributed by atoms with Crippen molar-refractivity contribution in [1.82, 2.24) is 14.8 Å². The third-order valence-electron chi connectivity index (χ3n) is 7.89. The lowest BCUT2D eigenvalue weighted by atomic mass is 10.0. The van der Waals surface area contributed by atoms with Crippen molar-refractivity contribution in [2.45, 2.75) is 51.4 Å². The molecule has 0 radical (unpaired) electrons. The van der Waals surface area contributed by atoms with E-state index in [1.807, 2.05) is 24.3 Å². The minimum absolute atomic E-state index is 0.0267. The molecule has 0 bridgehead atoms. The van der Waals surface area contributed by atoms with Crippen LogP contribution in [0.2, 0.25) is 0 Å². The molecule has 0 saturated carbocycles. The highest BCUT2D eigenvalue weighted by Gasteiger charge is 2.39. The van der Waals surface area contributed by atoms with Crippen molar-refractivity contribution in [3.05, 3.63) is 53.4 Å². The van der Waals surface area contributed by atoms with Gasteiger partial charge in [-0.15, -0.1) is 11.3 Å². The zero-order valence-electron chi connectivity index (χ0n) is 24.8. The van der Waals surface area contributed by atoms with Gasteiger partial charge in [-0.2, -0.15) is 0 Å². The highest BCUT2D eigenvalue weighted by atomic mass is 32.1. The first-order valence-electron chi connectivity index (χ1n) is 13.7. The number of anilines is 1. The van der Waals surface area contributed by atoms with Crippen molar-refractivity contribution in [2.24, 2.45) is 0 Å². The predicted octanol–water partition coefficient (Wildman–Crippen LogP) is 4.47. The number of ether oxygens (including phenoxy) is 2. The largest absolute Gasteiger partial charge is 0.496 e. The Morgan fingerprint density at radius 1 is 1.29 bits per heavy atom. The number of carboxylic acid groups (broad SMARTS) is 1. The molecule has 42 heavy (non-hydrogen) atoms. The fraction of sp³-hybridized carbons (Fsp3) is 0.467. The summed E-state index contributed by atoms with van der Waals surface area (Å²) in [4.78, 5) is 48.5. The maximum absolute atomic E-state index is 14.0. The summed E-state index contributed by atoms with van der Waals surface area (Å²) in [5, 5.41) is 10.2. The van der Waals surface area contributed by atoms with Crippen LogP contribution in [-0.2, 0) is 14.3 Å². The van der Waals surface area contributed by atoms with Gasteiger partial charge in [-0.1, -0.05) is 18.2 Å². The van der Waals surface area contributed by atoms with Gasteiger partial charge < -0.3 is 33.7 Å². The van der Waals surface area contributed by atoms with E-state index in [4.69, 9.17) is 13.9 Å². The number of methoxy groups -OCH3 is 1. The number of nitrogens with zero attached hydrogens (tertiary/aromatic N) is 4. The summed E-state index contributed by atoms with van der Waals surface area (Å²) >= 11 is 1.18. The topological polar surface area (TPSA) is 126 Å². The molecule has 0 spiro atoms. The lowest BCUT2D eigenvalue weighted by molar-refractivity contribution is -0.147. The van der Waals surface area contributed by atoms with Crippen LogP contribution in [0.25, 0.3) is 10.8 Å². The highest BCUT2D eigenvalue weighted by molar-refractivity contribution is 7.20. The van der Waals surface area contributed by atoms with E-state index in [1.165, 1.54) is 54.5 Å². The molecular weight excluding hydrogens is 560 g/mol. The number of aromatic nitrogens is 1. The van der Waals surface area contributed by atoms with Gasteiger partial charge in [0.15, 0.2) is 0 Å². The van der Waals surface area contributed by atoms with Crippen LogP contribution in [0.5, 0.6) is 5.75 Å². The van der Waals surface area contributed by atoms with Gasteiger partial charge in [-0.05, 0) is 52.3 Å². The Kier molecular flexibility index (Phi) is 9.70. The number of likely N-dealkylation sites (tertiary alicyclic amines) is 1. The maximum Gasteiger partial charge on any atom is 0.329 e. The molecule has 3 aromatic rings. The van der Waals surface area contributed by atoms with Crippen molar-refractivity contribution in [3.8, 4) is 16.5 Å². The number of para-hydroxylation sites is 1. The molecule has 226 valence electrons. The van der Waals surface area contributed by atoms with Crippen LogP contribution >= 0.6 is 11.3 Å². The van der Waals surface area contributed by atoms with E-state index >= 15 is 0 Å². The number of carboxylic acids is 1. The van der Waals surface area contributed by atoms with E-state index in [2.05, 4.69) is 16.9 Å². The quantitative estimate of drug-likeness (QED) is 0.301. The van der Waals surface area contributed by atoms with Crippen molar-refractivity contribution >= 4 is 34.6 Å². The Bertz CT molecular complexity index is 1400. The van der Waals surface area contributed by atoms with Gasteiger partial charge in [-0.3, -0.25) is 9.59 Å². The lowest BCUT2D eigenvalue weighted by Gasteiger charge is -2.34. The van der Waals surface area contributed by atoms with Gasteiger partial charge in [-0.25, -0.2) is 9.78 Å². The molecule has 1 fully saturated rings. The molecule has 2 aromatic heterocycles. The standard InChI is InChI=1S/C30H38N4O7S/c1-19-24(27(36)33(5)30(2,3)29(37)38)28(42-25(19)26-31-13-16-40-26)34(18-35)17-23(21-9-7-8-10-22(21)39-6)41-20-11-14-32(4)15-12-20/h7-10,13,16,18,20,23H,11-12,14-15,17H2,1-6H3,(H,37,38). The average molecular weight is 599 g/mol. The van der Waals surface area contributed by atoms with Crippen LogP contribution in [0.1, 0.15) is 54.3 Å². The van der Waals surface area contributed by atoms with E-state index < -0.39 is 23.5 Å². The fourth-order valence-corrected chi connectivity index (χ4v) is 6.12. The van der Waals surface area contributed by atoms with Crippen LogP contribution in [0.15, 0.2) is 41.1 Å². The highest BCUT2D eigenvalue weighted by Crippen LogP contribution is 2.43. The van der Waals surface area contributed by atoms with Crippen LogP contribution in [-0.4, -0.2) is 90.7 Å². The summed E-state index contributed by atoms with van der Waals surface area (Å²) in [6.45, 7) is 6.53. The molecule has 1 atom stereocenters. The van der Waals surface area contributed by atoms with E-state index in [1.54, 1.807) is 14.0 Å². The van der Waals surface area contributed by atoms with Gasteiger partial charge >= 0.3 is 5.97 Å². The number of likely N-dealkylation sites (N-methyl/N-ethyl adjacent to an activating group) is 1. The molecule has 1 saturated heterocycles. The molecule has 1 aliphatic rings. The number of benzene rings is 1. The number of thiophene rings is 1. The normalized spacial score (nSPS) is 15.3. The molecule has 1 unspecified atom stereocenters. The van der Waals surface area contributed by atoms with Gasteiger partial charge in [0, 0.05) is 25.7 Å². The van der Waals surface area contributed by atoms with Crippen molar-refractivity contribution in [2.75, 3.05) is 45.7 Å². The van der Waals surface area contributed by atoms with Crippen LogP contribution in [0, 0.1) is 6.92 Å². The third kappa shape index (κ3) is 6.35. The van der Waals surface area contributed by atoms with E-state index in [0.717, 1.165) is 31.5 Å². The van der Waals surface area contributed by atoms with Crippen molar-refractivity contribution in [1.29, 1.82) is 0 Å². The summed E-state index contributed by atoms with van der Waals surface area (Å²) in [7, 11) is 5.10. The number of hydrogen-bond acceptors (Lipinski definition) is 9. The second kappa shape index (κ2) is 13.1. The second-order valence-electron chi connectivity index (χ2n) is 10.9. The molecule has 11 nitrogen and oxygen atoms in total. The summed E-state index contributed by atoms with van der Waals surface area (Å²) in [6.07, 6.45) is 4.69. The monoisotopic (exact) mass is 598 g/mol. The van der Waals surface area contributed by atoms with Gasteiger partial charge in [0.1, 0.15) is 28.7 Å². The Hall–Kier alpha value is -3.74. The van der Waals surface area contributed by atoms with Crippen molar-refractivity contribution in [3.63, 3.8) is 0 Å². The van der Waals surface area contributed by atoms with E-state index in [0.29, 0.717) is 33.5 Å². The number of piperidine rings is 1. The fourth-order valence-electron chi connectivity index (χ4n) is 4.91. The molecule has 0 aliphatic carbocycles. The number of amides is 2. The molecule has 4 rings (SSSR count). The number of oxazole rings is 1. The summed E-state index contributed by atoms with van der Waals surface area (Å²) < 4.78 is 17.9. The van der Waals surface area contributed by atoms with Crippen molar-refractivity contribution < 1.29 is 33.4 Å². The van der Waals surface area contributed by atoms with E-state index in [9.17, 15) is 19.5 Å². The van der Waals surface area contributed by atoms with Gasteiger partial charge in [0.2, 0.25) is 12.3 Å². The molecule has 12 heteroatoms. The first kappa shape index (κ1) is 31.2. The van der Waals surface area contributed by atoms with Crippen LogP contribution in [0.4, 0.5) is 5.00 Å². The summed E-state index contributed by atoms with van der Waals surface area (Å²) in [5.74, 6) is -0.771. The molecular formula is C30H38N4O7S. The SMILES string of the molecule is COc1ccccc1C(CN(C=O)c1sc(-c2ncco2)c(C)c1C(=O)N(C)C(C)(C)C(=O)O)OC1CCN(C)CC1. The second-order valence-corrected chi connectivity index (χ2v) is 11.9. The lowest BCUT2D eigenvalue weighted by Crippen LogP contribution is -2.51. The molecule has 1 N–H and O–H groups in total. The number of aliphatic carboxylic acids is 1. The smallest absolute Gasteiger partial charge is 0.329 e. The van der Waals surface area contributed by atoms with Crippen LogP contribution < -0.4 is 9.64 Å². The Morgan fingerprint density at radius 3 is 2.57 bits per heavy atom. The number of rotatable bonds is 12. The summed E-state index contributed by atoms with van der Waals surface area (Å²) in [5.41, 5.74) is 0.0151. The number of hydrogen-bond donors (Lipinski definition) is 1. The minimum Gasteiger partial charge on any atom is -0.496 e. The molecule has 2 amide bonds. The number of carbonyl (C=O) groups is 3. The summed E-state index contributed by atoms with van der Waals surface area (Å²) in [6, 6.07) is 7.52. The maximum atomic E-state index is 14.0. The Balaban J connectivity index is 1.78. The molecule has 1 aliphatic heterocycles. The molecule has 3 heterocycles. The average Bonchev–Trinajstić information content (AvgIpc) is 3.63. The Labute approximate surface area is 249 Å². The van der Waals surface area contributed by atoms with E-state index in [-0.39, 0.29) is 18.2 Å². The first-order chi connectivity index (χ1) is 20.0. The third-order valence-corrected chi connectivity index (χ3v) is 9.21. The number of carbonyl (C=O) groups excluding carboxylic acids is 2. The predicted molar refractivity (Wildman–Crippen MR) is 159 cm³/mol. The molecule has 1 aromatic carbocycles. The zero-order chi connectivity index (χ0) is 30.6. The minimum atomic E-state index is -1.50. The Morgan fingerprint density at radius 2 is 1.98 bits per heavy atom. The van der Waals surface area contributed by atoms with Crippen LogP contribution in [0.3, 0.4) is 0 Å². The van der Waals surface area contributed by atoms with Gasteiger partial charge in [0.25, 0.3) is 5.91 Å². The van der Waals surface area contributed by atoms with Gasteiger partial charge in [0.05, 0.1) is 36.4 Å².